The van der Waals surface area contributed by atoms with Crippen LogP contribution in [0.25, 0.3) is 0 Å². The fraction of sp³-hybridized carbons (Fsp3) is 0.550. The zero-order chi connectivity index (χ0) is 20.1. The number of amides is 1. The summed E-state index contributed by atoms with van der Waals surface area (Å²) in [4.78, 5) is 21.4. The molecule has 8 nitrogen and oxygen atoms in total. The molecular weight excluding hydrogens is 360 g/mol. The van der Waals surface area contributed by atoms with Crippen LogP contribution in [0.4, 0.5) is 0 Å². The van der Waals surface area contributed by atoms with Crippen LogP contribution in [0.5, 0.6) is 11.5 Å². The molecule has 1 aliphatic heterocycles. The predicted octanol–water partition coefficient (Wildman–Crippen LogP) is 2.24. The Kier molecular flexibility index (Phi) is 6.51. The van der Waals surface area contributed by atoms with Gasteiger partial charge in [0.05, 0.1) is 20.8 Å². The fourth-order valence-corrected chi connectivity index (χ4v) is 3.25. The molecule has 152 valence electrons. The maximum absolute atomic E-state index is 12.8. The number of aromatic nitrogens is 2. The van der Waals surface area contributed by atoms with Gasteiger partial charge in [0.15, 0.2) is 17.3 Å². The van der Waals surface area contributed by atoms with Gasteiger partial charge in [-0.05, 0) is 24.1 Å². The van der Waals surface area contributed by atoms with Crippen molar-refractivity contribution in [2.45, 2.75) is 26.8 Å². The molecule has 2 aromatic rings. The Morgan fingerprint density at radius 3 is 2.50 bits per heavy atom. The summed E-state index contributed by atoms with van der Waals surface area (Å²) in [6, 6.07) is 5.25. The van der Waals surface area contributed by atoms with Crippen molar-refractivity contribution in [3.8, 4) is 11.5 Å². The van der Waals surface area contributed by atoms with Crippen molar-refractivity contribution in [3.05, 3.63) is 35.5 Å². The number of carbonyl (C=O) groups is 1. The maximum Gasteiger partial charge on any atom is 0.254 e. The van der Waals surface area contributed by atoms with Gasteiger partial charge in [-0.1, -0.05) is 19.0 Å². The quantitative estimate of drug-likeness (QED) is 0.719. The van der Waals surface area contributed by atoms with Crippen molar-refractivity contribution >= 4 is 5.91 Å². The van der Waals surface area contributed by atoms with Crippen LogP contribution >= 0.6 is 0 Å². The van der Waals surface area contributed by atoms with Gasteiger partial charge in [-0.25, -0.2) is 0 Å². The van der Waals surface area contributed by atoms with E-state index < -0.39 is 0 Å². The van der Waals surface area contributed by atoms with E-state index in [0.717, 1.165) is 19.5 Å². The summed E-state index contributed by atoms with van der Waals surface area (Å²) in [5.41, 5.74) is 0.600. The lowest BCUT2D eigenvalue weighted by Gasteiger charge is -2.34. The molecule has 0 saturated carbocycles. The Hall–Kier alpha value is -2.61. The number of carbonyl (C=O) groups excluding carboxylic acids is 1. The van der Waals surface area contributed by atoms with E-state index >= 15 is 0 Å². The molecule has 0 aliphatic carbocycles. The molecule has 1 aromatic carbocycles. The second-order valence-corrected chi connectivity index (χ2v) is 7.34. The third kappa shape index (κ3) is 4.81. The molecule has 0 radical (unpaired) electrons. The van der Waals surface area contributed by atoms with Crippen LogP contribution in [0.3, 0.4) is 0 Å². The van der Waals surface area contributed by atoms with Gasteiger partial charge in [-0.2, -0.15) is 4.98 Å². The highest BCUT2D eigenvalue weighted by atomic mass is 16.5. The summed E-state index contributed by atoms with van der Waals surface area (Å²) in [6.45, 7) is 7.74. The van der Waals surface area contributed by atoms with Crippen molar-refractivity contribution < 1.29 is 18.8 Å². The van der Waals surface area contributed by atoms with Crippen molar-refractivity contribution in [3.63, 3.8) is 0 Å². The molecule has 1 aromatic heterocycles. The molecular formula is C20H28N4O4. The maximum atomic E-state index is 12.8. The first-order valence-corrected chi connectivity index (χ1v) is 9.55. The Morgan fingerprint density at radius 1 is 1.14 bits per heavy atom. The van der Waals surface area contributed by atoms with Crippen LogP contribution in [0.2, 0.25) is 0 Å². The molecule has 8 heteroatoms. The van der Waals surface area contributed by atoms with E-state index in [1.165, 1.54) is 0 Å². The Labute approximate surface area is 165 Å². The van der Waals surface area contributed by atoms with E-state index in [1.54, 1.807) is 32.4 Å². The second kappa shape index (κ2) is 9.05. The largest absolute Gasteiger partial charge is 0.493 e. The van der Waals surface area contributed by atoms with Gasteiger partial charge in [-0.15, -0.1) is 0 Å². The number of ether oxygens (including phenoxy) is 2. The number of piperazine rings is 1. The van der Waals surface area contributed by atoms with Gasteiger partial charge in [0, 0.05) is 38.2 Å². The van der Waals surface area contributed by atoms with Gasteiger partial charge < -0.3 is 18.9 Å². The van der Waals surface area contributed by atoms with Crippen molar-refractivity contribution in [2.75, 3.05) is 40.4 Å². The van der Waals surface area contributed by atoms with E-state index in [1.807, 2.05) is 4.90 Å². The molecule has 0 N–H and O–H groups in total. The minimum Gasteiger partial charge on any atom is -0.493 e. The number of nitrogens with zero attached hydrogens (tertiary/aromatic N) is 4. The lowest BCUT2D eigenvalue weighted by Crippen LogP contribution is -2.48. The van der Waals surface area contributed by atoms with Gasteiger partial charge >= 0.3 is 0 Å². The predicted molar refractivity (Wildman–Crippen MR) is 104 cm³/mol. The molecule has 1 saturated heterocycles. The number of methoxy groups -OCH3 is 2. The van der Waals surface area contributed by atoms with E-state index in [0.29, 0.717) is 54.3 Å². The van der Waals surface area contributed by atoms with Crippen molar-refractivity contribution in [1.29, 1.82) is 0 Å². The smallest absolute Gasteiger partial charge is 0.254 e. The van der Waals surface area contributed by atoms with E-state index in [9.17, 15) is 4.79 Å². The third-order valence-corrected chi connectivity index (χ3v) is 4.75. The van der Waals surface area contributed by atoms with E-state index in [4.69, 9.17) is 14.0 Å². The summed E-state index contributed by atoms with van der Waals surface area (Å²) in [5, 5.41) is 4.07. The van der Waals surface area contributed by atoms with Crippen LogP contribution in [-0.2, 0) is 13.0 Å². The SMILES string of the molecule is COc1ccc(C(=O)N2CCN(Cc3noc(CC(C)C)n3)CC2)cc1OC. The minimum atomic E-state index is -0.000571. The number of rotatable bonds is 7. The van der Waals surface area contributed by atoms with Gasteiger partial charge in [0.1, 0.15) is 0 Å². The monoisotopic (exact) mass is 388 g/mol. The average molecular weight is 388 g/mol. The highest BCUT2D eigenvalue weighted by Gasteiger charge is 2.24. The molecule has 0 unspecified atom stereocenters. The normalized spacial score (nSPS) is 15.1. The zero-order valence-corrected chi connectivity index (χ0v) is 17.0. The van der Waals surface area contributed by atoms with Crippen LogP contribution < -0.4 is 9.47 Å². The first-order valence-electron chi connectivity index (χ1n) is 9.55. The first-order chi connectivity index (χ1) is 13.5. The Morgan fingerprint density at radius 2 is 1.86 bits per heavy atom. The van der Waals surface area contributed by atoms with Gasteiger partial charge in [0.2, 0.25) is 5.89 Å². The zero-order valence-electron chi connectivity index (χ0n) is 17.0. The molecule has 0 atom stereocenters. The van der Waals surface area contributed by atoms with Crippen molar-refractivity contribution in [2.24, 2.45) is 5.92 Å². The third-order valence-electron chi connectivity index (χ3n) is 4.75. The second-order valence-electron chi connectivity index (χ2n) is 7.34. The van der Waals surface area contributed by atoms with Crippen LogP contribution in [0, 0.1) is 5.92 Å². The Bertz CT molecular complexity index is 797. The van der Waals surface area contributed by atoms with E-state index in [-0.39, 0.29) is 5.91 Å². The molecule has 2 heterocycles. The van der Waals surface area contributed by atoms with Gasteiger partial charge in [0.25, 0.3) is 5.91 Å². The summed E-state index contributed by atoms with van der Waals surface area (Å²) in [5.74, 6) is 3.04. The number of benzene rings is 1. The summed E-state index contributed by atoms with van der Waals surface area (Å²) >= 11 is 0. The minimum absolute atomic E-state index is 0.000571. The molecule has 1 fully saturated rings. The average Bonchev–Trinajstić information content (AvgIpc) is 3.13. The standard InChI is InChI=1S/C20H28N4O4/c1-14(2)11-19-21-18(22-28-19)13-23-7-9-24(10-8-23)20(25)15-5-6-16(26-3)17(12-15)27-4/h5-6,12,14H,7-11,13H2,1-4H3. The fourth-order valence-electron chi connectivity index (χ4n) is 3.25. The number of hydrogen-bond donors (Lipinski definition) is 0. The lowest BCUT2D eigenvalue weighted by atomic mass is 10.1. The summed E-state index contributed by atoms with van der Waals surface area (Å²) < 4.78 is 15.8. The number of hydrogen-bond acceptors (Lipinski definition) is 7. The molecule has 1 aliphatic rings. The molecule has 3 rings (SSSR count). The van der Waals surface area contributed by atoms with Crippen LogP contribution in [0.1, 0.15) is 35.9 Å². The lowest BCUT2D eigenvalue weighted by molar-refractivity contribution is 0.0624. The highest BCUT2D eigenvalue weighted by molar-refractivity contribution is 5.95. The molecule has 0 bridgehead atoms. The molecule has 0 spiro atoms. The molecule has 28 heavy (non-hydrogen) atoms. The highest BCUT2D eigenvalue weighted by Crippen LogP contribution is 2.28. The Balaban J connectivity index is 1.55. The summed E-state index contributed by atoms with van der Waals surface area (Å²) in [6.07, 6.45) is 0.792. The first kappa shape index (κ1) is 20.1. The van der Waals surface area contributed by atoms with Crippen LogP contribution in [-0.4, -0.2) is 66.2 Å². The van der Waals surface area contributed by atoms with Crippen LogP contribution in [0.15, 0.2) is 22.7 Å². The topological polar surface area (TPSA) is 80.9 Å². The van der Waals surface area contributed by atoms with Gasteiger partial charge in [-0.3, -0.25) is 9.69 Å². The summed E-state index contributed by atoms with van der Waals surface area (Å²) in [7, 11) is 3.14. The van der Waals surface area contributed by atoms with Crippen molar-refractivity contribution in [1.82, 2.24) is 19.9 Å². The van der Waals surface area contributed by atoms with E-state index in [2.05, 4.69) is 28.9 Å². The molecule has 1 amide bonds.